The number of nitrogens with zero attached hydrogens (tertiary/aromatic N) is 3. The molecular weight excluding hydrogens is 224 g/mol. The Morgan fingerprint density at radius 2 is 2.28 bits per heavy atom. The lowest BCUT2D eigenvalue weighted by Crippen LogP contribution is -2.30. The van der Waals surface area contributed by atoms with Crippen molar-refractivity contribution >= 4 is 0 Å². The van der Waals surface area contributed by atoms with Crippen molar-refractivity contribution in [1.29, 1.82) is 0 Å². The van der Waals surface area contributed by atoms with Crippen molar-refractivity contribution in [3.8, 4) is 0 Å². The molecule has 102 valence electrons. The van der Waals surface area contributed by atoms with Gasteiger partial charge in [0, 0.05) is 26.2 Å². The van der Waals surface area contributed by atoms with E-state index in [4.69, 9.17) is 0 Å². The zero-order chi connectivity index (χ0) is 13.1. The average molecular weight is 250 g/mol. The molecule has 18 heavy (non-hydrogen) atoms. The predicted octanol–water partition coefficient (Wildman–Crippen LogP) is 1.55. The van der Waals surface area contributed by atoms with Gasteiger partial charge in [0.05, 0.1) is 11.4 Å². The highest BCUT2D eigenvalue weighted by Crippen LogP contribution is 2.17. The minimum atomic E-state index is 0.690. The Labute approximate surface area is 110 Å². The molecule has 2 heterocycles. The zero-order valence-electron chi connectivity index (χ0n) is 12.1. The maximum absolute atomic E-state index is 4.37. The summed E-state index contributed by atoms with van der Waals surface area (Å²) < 4.78 is 1.97. The second kappa shape index (κ2) is 5.85. The van der Waals surface area contributed by atoms with E-state index in [0.29, 0.717) is 6.04 Å². The molecule has 4 nitrogen and oxygen atoms in total. The fraction of sp³-hybridized carbons (Fsp3) is 0.786. The summed E-state index contributed by atoms with van der Waals surface area (Å²) in [5.41, 5.74) is 2.37. The summed E-state index contributed by atoms with van der Waals surface area (Å²) in [6, 6.07) is 2.84. The Balaban J connectivity index is 1.72. The highest BCUT2D eigenvalue weighted by Gasteiger charge is 2.23. The summed E-state index contributed by atoms with van der Waals surface area (Å²) in [5, 5.41) is 7.93. The van der Waals surface area contributed by atoms with Crippen molar-refractivity contribution in [1.82, 2.24) is 20.0 Å². The van der Waals surface area contributed by atoms with Gasteiger partial charge in [-0.15, -0.1) is 0 Å². The molecule has 1 aromatic rings. The fourth-order valence-corrected chi connectivity index (χ4v) is 2.73. The van der Waals surface area contributed by atoms with E-state index < -0.39 is 0 Å². The SMILES string of the molecule is Cc1cc(CNCC2CCN(C(C)C)C2)n(C)n1. The van der Waals surface area contributed by atoms with Crippen LogP contribution in [0.4, 0.5) is 0 Å². The van der Waals surface area contributed by atoms with Crippen LogP contribution in [0.1, 0.15) is 31.7 Å². The molecule has 0 aliphatic carbocycles. The van der Waals surface area contributed by atoms with Gasteiger partial charge in [-0.3, -0.25) is 4.68 Å². The molecule has 1 saturated heterocycles. The van der Waals surface area contributed by atoms with Gasteiger partial charge in [-0.05, 0) is 52.3 Å². The van der Waals surface area contributed by atoms with Crippen molar-refractivity contribution in [2.75, 3.05) is 19.6 Å². The summed E-state index contributed by atoms with van der Waals surface area (Å²) in [6.07, 6.45) is 1.33. The van der Waals surface area contributed by atoms with E-state index in [1.807, 2.05) is 18.7 Å². The number of nitrogens with one attached hydrogen (secondary N) is 1. The van der Waals surface area contributed by atoms with Gasteiger partial charge in [-0.1, -0.05) is 0 Å². The van der Waals surface area contributed by atoms with Crippen LogP contribution in [0.25, 0.3) is 0 Å². The lowest BCUT2D eigenvalue weighted by molar-refractivity contribution is 0.264. The van der Waals surface area contributed by atoms with Gasteiger partial charge in [0.1, 0.15) is 0 Å². The van der Waals surface area contributed by atoms with E-state index in [1.54, 1.807) is 0 Å². The third-order valence-electron chi connectivity index (χ3n) is 3.89. The summed E-state index contributed by atoms with van der Waals surface area (Å²) in [6.45, 7) is 11.2. The van der Waals surface area contributed by atoms with Crippen LogP contribution in [0.2, 0.25) is 0 Å². The minimum Gasteiger partial charge on any atom is -0.311 e. The molecule has 0 spiro atoms. The zero-order valence-corrected chi connectivity index (χ0v) is 12.1. The molecule has 0 amide bonds. The second-order valence-corrected chi connectivity index (χ2v) is 5.77. The van der Waals surface area contributed by atoms with Crippen LogP contribution in [0.5, 0.6) is 0 Å². The highest BCUT2D eigenvalue weighted by molar-refractivity contribution is 5.08. The molecule has 0 radical (unpaired) electrons. The molecule has 4 heteroatoms. The fourth-order valence-electron chi connectivity index (χ4n) is 2.73. The van der Waals surface area contributed by atoms with E-state index >= 15 is 0 Å². The quantitative estimate of drug-likeness (QED) is 0.861. The van der Waals surface area contributed by atoms with Crippen LogP contribution in [-0.4, -0.2) is 40.4 Å². The normalized spacial score (nSPS) is 21.1. The predicted molar refractivity (Wildman–Crippen MR) is 74.5 cm³/mol. The molecule has 1 unspecified atom stereocenters. The third-order valence-corrected chi connectivity index (χ3v) is 3.89. The van der Waals surface area contributed by atoms with Crippen molar-refractivity contribution in [2.45, 2.75) is 39.8 Å². The minimum absolute atomic E-state index is 0.690. The molecule has 1 atom stereocenters. The molecule has 2 rings (SSSR count). The van der Waals surface area contributed by atoms with Crippen molar-refractivity contribution in [3.63, 3.8) is 0 Å². The van der Waals surface area contributed by atoms with Crippen LogP contribution in [0.15, 0.2) is 6.07 Å². The first-order valence-corrected chi connectivity index (χ1v) is 7.00. The second-order valence-electron chi connectivity index (χ2n) is 5.77. The van der Waals surface area contributed by atoms with E-state index in [9.17, 15) is 0 Å². The van der Waals surface area contributed by atoms with E-state index in [1.165, 1.54) is 25.2 Å². The average Bonchev–Trinajstić information content (AvgIpc) is 2.87. The van der Waals surface area contributed by atoms with Gasteiger partial charge in [0.15, 0.2) is 0 Å². The first-order valence-electron chi connectivity index (χ1n) is 7.00. The Bertz CT molecular complexity index is 383. The number of aryl methyl sites for hydroxylation is 2. The standard InChI is InChI=1S/C14H26N4/c1-11(2)18-6-5-13(10-18)8-15-9-14-7-12(3)16-17(14)4/h7,11,13,15H,5-6,8-10H2,1-4H3. The summed E-state index contributed by atoms with van der Waals surface area (Å²) >= 11 is 0. The Morgan fingerprint density at radius 3 is 2.83 bits per heavy atom. The van der Waals surface area contributed by atoms with Gasteiger partial charge in [-0.2, -0.15) is 5.10 Å². The smallest absolute Gasteiger partial charge is 0.0597 e. The molecule has 1 aliphatic rings. The summed E-state index contributed by atoms with van der Waals surface area (Å²) in [4.78, 5) is 2.57. The Hall–Kier alpha value is -0.870. The molecule has 0 bridgehead atoms. The summed E-state index contributed by atoms with van der Waals surface area (Å²) in [5.74, 6) is 0.807. The van der Waals surface area contributed by atoms with Crippen LogP contribution in [0, 0.1) is 12.8 Å². The van der Waals surface area contributed by atoms with E-state index in [-0.39, 0.29) is 0 Å². The number of hydrogen-bond donors (Lipinski definition) is 1. The van der Waals surface area contributed by atoms with E-state index in [2.05, 4.69) is 35.2 Å². The van der Waals surface area contributed by atoms with Crippen molar-refractivity contribution in [2.24, 2.45) is 13.0 Å². The van der Waals surface area contributed by atoms with Gasteiger partial charge in [0.2, 0.25) is 0 Å². The molecule has 1 aliphatic heterocycles. The number of hydrogen-bond acceptors (Lipinski definition) is 3. The number of rotatable bonds is 5. The van der Waals surface area contributed by atoms with Crippen LogP contribution >= 0.6 is 0 Å². The van der Waals surface area contributed by atoms with Gasteiger partial charge >= 0.3 is 0 Å². The monoisotopic (exact) mass is 250 g/mol. The molecule has 0 aromatic carbocycles. The number of aromatic nitrogens is 2. The molecule has 1 N–H and O–H groups in total. The van der Waals surface area contributed by atoms with Gasteiger partial charge < -0.3 is 10.2 Å². The topological polar surface area (TPSA) is 33.1 Å². The molecule has 1 aromatic heterocycles. The van der Waals surface area contributed by atoms with Gasteiger partial charge in [0.25, 0.3) is 0 Å². The third kappa shape index (κ3) is 3.33. The lowest BCUT2D eigenvalue weighted by atomic mass is 10.1. The number of likely N-dealkylation sites (tertiary alicyclic amines) is 1. The maximum Gasteiger partial charge on any atom is 0.0597 e. The van der Waals surface area contributed by atoms with Crippen molar-refractivity contribution in [3.05, 3.63) is 17.5 Å². The maximum atomic E-state index is 4.37. The lowest BCUT2D eigenvalue weighted by Gasteiger charge is -2.20. The van der Waals surface area contributed by atoms with Gasteiger partial charge in [-0.25, -0.2) is 0 Å². The largest absolute Gasteiger partial charge is 0.311 e. The molecular formula is C14H26N4. The highest BCUT2D eigenvalue weighted by atomic mass is 15.3. The molecule has 1 fully saturated rings. The van der Waals surface area contributed by atoms with Crippen LogP contribution in [-0.2, 0) is 13.6 Å². The Kier molecular flexibility index (Phi) is 4.40. The van der Waals surface area contributed by atoms with Crippen molar-refractivity contribution < 1.29 is 0 Å². The first kappa shape index (κ1) is 13.6. The van der Waals surface area contributed by atoms with Crippen LogP contribution in [0.3, 0.4) is 0 Å². The molecule has 0 saturated carbocycles. The van der Waals surface area contributed by atoms with E-state index in [0.717, 1.165) is 24.7 Å². The summed E-state index contributed by atoms with van der Waals surface area (Å²) in [7, 11) is 2.01. The first-order chi connectivity index (χ1) is 8.56. The Morgan fingerprint density at radius 1 is 1.50 bits per heavy atom. The van der Waals surface area contributed by atoms with Crippen LogP contribution < -0.4 is 5.32 Å².